The number of hydrogen-bond acceptors (Lipinski definition) is 3. The molecule has 2 heterocycles. The van der Waals surface area contributed by atoms with Crippen LogP contribution >= 0.6 is 0 Å². The van der Waals surface area contributed by atoms with Crippen LogP contribution in [0.25, 0.3) is 16.6 Å². The maximum Gasteiger partial charge on any atom is 0.292 e. The molecule has 0 aliphatic rings. The van der Waals surface area contributed by atoms with Gasteiger partial charge in [0.25, 0.3) is 5.56 Å². The third-order valence-corrected chi connectivity index (χ3v) is 2.69. The molecule has 0 atom stereocenters. The van der Waals surface area contributed by atoms with E-state index in [1.165, 1.54) is 0 Å². The van der Waals surface area contributed by atoms with Crippen molar-refractivity contribution in [3.05, 3.63) is 52.6 Å². The summed E-state index contributed by atoms with van der Waals surface area (Å²) in [5.74, 6) is 0. The number of aromatic nitrogens is 4. The van der Waals surface area contributed by atoms with Crippen LogP contribution in [0.2, 0.25) is 0 Å². The Morgan fingerprint density at radius 3 is 2.88 bits per heavy atom. The van der Waals surface area contributed by atoms with Gasteiger partial charge in [-0.2, -0.15) is 10.2 Å². The van der Waals surface area contributed by atoms with E-state index in [9.17, 15) is 4.79 Å². The van der Waals surface area contributed by atoms with Crippen molar-refractivity contribution in [2.75, 3.05) is 0 Å². The Labute approximate surface area is 96.7 Å². The van der Waals surface area contributed by atoms with Gasteiger partial charge < -0.3 is 0 Å². The largest absolute Gasteiger partial charge is 0.292 e. The zero-order chi connectivity index (χ0) is 11.8. The Bertz CT molecular complexity index is 741. The Morgan fingerprint density at radius 2 is 2.12 bits per heavy atom. The van der Waals surface area contributed by atoms with Crippen molar-refractivity contribution in [3.8, 4) is 5.69 Å². The lowest BCUT2D eigenvalue weighted by Crippen LogP contribution is -2.07. The standard InChI is InChI=1S/C12H10N4O/c1-8-4-2-3-5-10(8)16-7-9-6-13-14-12(17)11(9)15-16/h2-7H,1H3,(H,14,17). The predicted molar refractivity (Wildman–Crippen MR) is 64.2 cm³/mol. The van der Waals surface area contributed by atoms with Crippen LogP contribution in [0, 0.1) is 6.92 Å². The molecule has 0 amide bonds. The van der Waals surface area contributed by atoms with E-state index in [2.05, 4.69) is 15.3 Å². The van der Waals surface area contributed by atoms with Crippen LogP contribution in [-0.2, 0) is 0 Å². The number of nitrogens with zero attached hydrogens (tertiary/aromatic N) is 3. The van der Waals surface area contributed by atoms with Crippen LogP contribution in [0.3, 0.4) is 0 Å². The number of aromatic amines is 1. The Hall–Kier alpha value is -2.43. The molecule has 0 bridgehead atoms. The molecule has 0 saturated carbocycles. The number of para-hydroxylation sites is 1. The topological polar surface area (TPSA) is 63.6 Å². The molecule has 3 rings (SSSR count). The van der Waals surface area contributed by atoms with Crippen molar-refractivity contribution in [1.29, 1.82) is 0 Å². The summed E-state index contributed by atoms with van der Waals surface area (Å²) in [4.78, 5) is 11.5. The van der Waals surface area contributed by atoms with Crippen molar-refractivity contribution >= 4 is 10.9 Å². The van der Waals surface area contributed by atoms with Crippen LogP contribution in [0.5, 0.6) is 0 Å². The monoisotopic (exact) mass is 226 g/mol. The number of aryl methyl sites for hydroxylation is 1. The number of rotatable bonds is 1. The summed E-state index contributed by atoms with van der Waals surface area (Å²) < 4.78 is 1.71. The van der Waals surface area contributed by atoms with Crippen LogP contribution in [0.15, 0.2) is 41.5 Å². The highest BCUT2D eigenvalue weighted by molar-refractivity contribution is 5.76. The molecule has 2 aromatic heterocycles. The van der Waals surface area contributed by atoms with Gasteiger partial charge in [0.05, 0.1) is 11.9 Å². The van der Waals surface area contributed by atoms with Gasteiger partial charge >= 0.3 is 0 Å². The molecule has 5 heteroatoms. The van der Waals surface area contributed by atoms with Gasteiger partial charge in [0, 0.05) is 11.6 Å². The zero-order valence-corrected chi connectivity index (χ0v) is 9.21. The lowest BCUT2D eigenvalue weighted by atomic mass is 10.2. The first-order valence-electron chi connectivity index (χ1n) is 5.25. The van der Waals surface area contributed by atoms with Crippen molar-refractivity contribution in [2.24, 2.45) is 0 Å². The number of H-pyrrole nitrogens is 1. The fraction of sp³-hybridized carbons (Fsp3) is 0.0833. The zero-order valence-electron chi connectivity index (χ0n) is 9.21. The average Bonchev–Trinajstić information content (AvgIpc) is 2.75. The summed E-state index contributed by atoms with van der Waals surface area (Å²) in [6, 6.07) is 7.88. The van der Waals surface area contributed by atoms with E-state index in [0.717, 1.165) is 16.6 Å². The molecule has 1 N–H and O–H groups in total. The molecule has 0 aliphatic carbocycles. The number of fused-ring (bicyclic) bond motifs is 1. The van der Waals surface area contributed by atoms with E-state index in [4.69, 9.17) is 0 Å². The van der Waals surface area contributed by atoms with Gasteiger partial charge in [-0.3, -0.25) is 4.79 Å². The van der Waals surface area contributed by atoms with Crippen LogP contribution in [0.1, 0.15) is 5.56 Å². The first kappa shape index (κ1) is 9.77. The lowest BCUT2D eigenvalue weighted by molar-refractivity contribution is 0.883. The van der Waals surface area contributed by atoms with Gasteiger partial charge in [-0.15, -0.1) is 0 Å². The number of hydrogen-bond donors (Lipinski definition) is 1. The molecule has 0 fully saturated rings. The molecule has 17 heavy (non-hydrogen) atoms. The second kappa shape index (κ2) is 3.55. The second-order valence-corrected chi connectivity index (χ2v) is 3.86. The van der Waals surface area contributed by atoms with Crippen LogP contribution < -0.4 is 5.56 Å². The summed E-state index contributed by atoms with van der Waals surface area (Å²) in [7, 11) is 0. The average molecular weight is 226 g/mol. The highest BCUT2D eigenvalue weighted by Gasteiger charge is 2.07. The Balaban J connectivity index is 2.30. The summed E-state index contributed by atoms with van der Waals surface area (Å²) in [6.07, 6.45) is 3.40. The summed E-state index contributed by atoms with van der Waals surface area (Å²) in [6.45, 7) is 2.00. The van der Waals surface area contributed by atoms with E-state index in [1.54, 1.807) is 17.1 Å². The normalized spacial score (nSPS) is 10.9. The fourth-order valence-electron chi connectivity index (χ4n) is 1.82. The fourth-order valence-corrected chi connectivity index (χ4v) is 1.82. The highest BCUT2D eigenvalue weighted by Crippen LogP contribution is 2.15. The van der Waals surface area contributed by atoms with Crippen molar-refractivity contribution in [1.82, 2.24) is 20.0 Å². The van der Waals surface area contributed by atoms with Gasteiger partial charge in [0.2, 0.25) is 0 Å². The summed E-state index contributed by atoms with van der Waals surface area (Å²) >= 11 is 0. The number of benzene rings is 1. The van der Waals surface area contributed by atoms with Crippen LogP contribution in [-0.4, -0.2) is 20.0 Å². The molecular formula is C12H10N4O. The van der Waals surface area contributed by atoms with Gasteiger partial charge in [-0.1, -0.05) is 18.2 Å². The molecule has 0 aliphatic heterocycles. The highest BCUT2D eigenvalue weighted by atomic mass is 16.1. The Morgan fingerprint density at radius 1 is 1.29 bits per heavy atom. The van der Waals surface area contributed by atoms with E-state index in [0.29, 0.717) is 5.52 Å². The maximum absolute atomic E-state index is 11.5. The molecule has 0 saturated heterocycles. The maximum atomic E-state index is 11.5. The summed E-state index contributed by atoms with van der Waals surface area (Å²) in [5, 5.41) is 11.1. The third kappa shape index (κ3) is 1.52. The molecule has 0 radical (unpaired) electrons. The van der Waals surface area contributed by atoms with Gasteiger partial charge in [-0.05, 0) is 18.6 Å². The third-order valence-electron chi connectivity index (χ3n) is 2.69. The van der Waals surface area contributed by atoms with Gasteiger partial charge in [0.1, 0.15) is 0 Å². The quantitative estimate of drug-likeness (QED) is 0.682. The van der Waals surface area contributed by atoms with E-state index in [1.807, 2.05) is 31.2 Å². The molecule has 0 unspecified atom stereocenters. The van der Waals surface area contributed by atoms with E-state index < -0.39 is 0 Å². The minimum atomic E-state index is -0.269. The minimum Gasteiger partial charge on any atom is -0.265 e. The smallest absolute Gasteiger partial charge is 0.265 e. The van der Waals surface area contributed by atoms with Crippen molar-refractivity contribution < 1.29 is 0 Å². The van der Waals surface area contributed by atoms with Gasteiger partial charge in [-0.25, -0.2) is 9.78 Å². The molecule has 3 aromatic rings. The van der Waals surface area contributed by atoms with E-state index in [-0.39, 0.29) is 5.56 Å². The first-order chi connectivity index (χ1) is 8.25. The molecule has 84 valence electrons. The first-order valence-corrected chi connectivity index (χ1v) is 5.25. The van der Waals surface area contributed by atoms with E-state index >= 15 is 0 Å². The minimum absolute atomic E-state index is 0.269. The molecule has 5 nitrogen and oxygen atoms in total. The van der Waals surface area contributed by atoms with Gasteiger partial charge in [0.15, 0.2) is 5.52 Å². The lowest BCUT2D eigenvalue weighted by Gasteiger charge is -2.03. The second-order valence-electron chi connectivity index (χ2n) is 3.86. The van der Waals surface area contributed by atoms with Crippen LogP contribution in [0.4, 0.5) is 0 Å². The predicted octanol–water partition coefficient (Wildman–Crippen LogP) is 1.42. The number of nitrogens with one attached hydrogen (secondary N) is 1. The Kier molecular flexibility index (Phi) is 2.04. The summed E-state index contributed by atoms with van der Waals surface area (Å²) in [5.41, 5.74) is 2.20. The SMILES string of the molecule is Cc1ccccc1-n1cc2cn[nH]c(=O)c2n1. The molecular weight excluding hydrogens is 216 g/mol. The molecule has 0 spiro atoms. The van der Waals surface area contributed by atoms with Crippen molar-refractivity contribution in [3.63, 3.8) is 0 Å². The molecule has 1 aromatic carbocycles. The van der Waals surface area contributed by atoms with Crippen molar-refractivity contribution in [2.45, 2.75) is 6.92 Å².